The smallest absolute Gasteiger partial charge is 0.255 e. The van der Waals surface area contributed by atoms with E-state index < -0.39 is 5.54 Å². The van der Waals surface area contributed by atoms with Gasteiger partial charge in [-0.05, 0) is 252 Å². The number of benzene rings is 8. The number of hydrogen-bond acceptors (Lipinski definition) is 20. The van der Waals surface area contributed by atoms with E-state index in [9.17, 15) is 24.0 Å². The van der Waals surface area contributed by atoms with Crippen molar-refractivity contribution in [1.82, 2.24) is 65.2 Å². The van der Waals surface area contributed by atoms with Gasteiger partial charge in [0.2, 0.25) is 0 Å². The molecule has 0 bridgehead atoms. The molecule has 5 amide bonds. The maximum absolute atomic E-state index is 13.1. The number of nitrogens with zero attached hydrogens (tertiary/aromatic N) is 11. The Morgan fingerprint density at radius 1 is 0.387 bits per heavy atom. The monoisotopic (exact) mass is 1730 g/mol. The summed E-state index contributed by atoms with van der Waals surface area (Å²) in [5.41, 5.74) is 18.7. The number of amides is 5. The van der Waals surface area contributed by atoms with E-state index in [-0.39, 0.29) is 75.9 Å². The van der Waals surface area contributed by atoms with E-state index in [0.717, 1.165) is 127 Å². The highest BCUT2D eigenvalue weighted by Gasteiger charge is 2.45. The topological polar surface area (TPSA) is 312 Å². The van der Waals surface area contributed by atoms with Crippen molar-refractivity contribution in [3.8, 4) is 17.2 Å². The summed E-state index contributed by atoms with van der Waals surface area (Å²) < 4.78 is 17.5. The fourth-order valence-electron chi connectivity index (χ4n) is 13.8. The number of carbonyl (C=O) groups excluding carboxylic acids is 5. The molecule has 0 saturated carbocycles. The van der Waals surface area contributed by atoms with Gasteiger partial charge in [0.25, 0.3) is 29.5 Å². The summed E-state index contributed by atoms with van der Waals surface area (Å²) in [6.07, 6.45) is 12.5. The van der Waals surface area contributed by atoms with Gasteiger partial charge in [-0.25, -0.2) is 39.9 Å². The van der Waals surface area contributed by atoms with Crippen molar-refractivity contribution < 1.29 is 38.2 Å². The molecule has 25 nitrogen and oxygen atoms in total. The van der Waals surface area contributed by atoms with Gasteiger partial charge in [0.05, 0.1) is 43.5 Å². The number of nitrogens with one attached hydrogen (secondary N) is 5. The molecule has 0 spiro atoms. The highest BCUT2D eigenvalue weighted by molar-refractivity contribution is 9.10. The van der Waals surface area contributed by atoms with Crippen LogP contribution in [0.4, 0.5) is 40.3 Å². The molecule has 0 aliphatic carbocycles. The molecule has 0 fully saturated rings. The van der Waals surface area contributed by atoms with E-state index in [2.05, 4.69) is 126 Å². The van der Waals surface area contributed by atoms with E-state index in [1.807, 2.05) is 206 Å². The molecule has 119 heavy (non-hydrogen) atoms. The number of ether oxygens (including phenoxy) is 3. The number of aromatic nitrogens is 8. The normalized spacial score (nSPS) is 14.2. The number of carbonyl (C=O) groups is 5. The lowest BCUT2D eigenvalue weighted by atomic mass is 9.93. The molecule has 5 aliphatic heterocycles. The van der Waals surface area contributed by atoms with Gasteiger partial charge < -0.3 is 61.2 Å². The predicted octanol–water partition coefficient (Wildman–Crippen LogP) is 19.1. The fraction of sp³-hybridized carbons (Fsp3) is 0.250. The third-order valence-electron chi connectivity index (χ3n) is 20.0. The Balaban J connectivity index is 0.000000181. The molecule has 7 N–H and O–H groups in total. The second-order valence-corrected chi connectivity index (χ2v) is 31.2. The van der Waals surface area contributed by atoms with Crippen LogP contribution in [-0.4, -0.2) is 105 Å². The Bertz CT molecular complexity index is 5370. The lowest BCUT2D eigenvalue weighted by molar-refractivity contribution is 0.0587. The minimum atomic E-state index is -0.421. The van der Waals surface area contributed by atoms with E-state index >= 15 is 0 Å². The van der Waals surface area contributed by atoms with Gasteiger partial charge in [-0.15, -0.1) is 0 Å². The summed E-state index contributed by atoms with van der Waals surface area (Å²) >= 11 is 6.94. The molecule has 27 heteroatoms. The van der Waals surface area contributed by atoms with E-state index in [0.29, 0.717) is 37.8 Å². The molecular weight excluding hydrogens is 1630 g/mol. The molecule has 8 aromatic carbocycles. The molecule has 12 aromatic rings. The van der Waals surface area contributed by atoms with Crippen molar-refractivity contribution in [3.05, 3.63) is 319 Å². The van der Waals surface area contributed by atoms with Crippen molar-refractivity contribution in [1.29, 1.82) is 0 Å². The Labute approximate surface area is 713 Å². The predicted molar refractivity (Wildman–Crippen MR) is 476 cm³/mol. The standard InChI is InChI=1S/C22H22N4O2.C18H18BrNO2.C16H14BrNO2.2C14H14N4O.C4H5N3.4CH4/c1-22(2)19-12-16(25-20-10-11-23-14-24-20)6-9-18(19)21(27)26(22)13-15-4-7-17(28-3)8-5-15;1-18(2)16-10-13(19)6-9-15(16)17(21)20(18)11-12-4-7-14(22-3)8-5-12;1-20-14-5-2-11(3-6-14)9-18-10-12-8-13(17)4-7-15(12)16(18)19;2*1-14(2)11-7-9(3-4-10(11)13(19)18-14)17-12-5-6-15-8-16-12;5-4-1-2-6-3-7-4;;;;/h4-12,14H,13H2,1-3H3,(H,23,24,25);4-10H,11H2,1-3H3;2-8H,9-10H2,1H3;2*3-8H,1-2H3,(H,18,19)(H,15,16,17);1-3H,(H2,5,6,7);4*1H4. The van der Waals surface area contributed by atoms with E-state index in [4.69, 9.17) is 19.9 Å². The fourth-order valence-corrected chi connectivity index (χ4v) is 14.5. The zero-order valence-corrected chi connectivity index (χ0v) is 68.5. The quantitative estimate of drug-likeness (QED) is 0.0555. The molecule has 618 valence electrons. The van der Waals surface area contributed by atoms with Crippen LogP contribution in [0, 0.1) is 0 Å². The first-order valence-electron chi connectivity index (χ1n) is 36.7. The highest BCUT2D eigenvalue weighted by atomic mass is 79.9. The minimum absolute atomic E-state index is 0. The third-order valence-corrected chi connectivity index (χ3v) is 21.0. The molecular formula is C92H103Br2N17O8. The summed E-state index contributed by atoms with van der Waals surface area (Å²) in [6, 6.07) is 59.4. The van der Waals surface area contributed by atoms with Crippen molar-refractivity contribution in [2.24, 2.45) is 0 Å². The van der Waals surface area contributed by atoms with Crippen LogP contribution in [0.1, 0.15) is 181 Å². The third kappa shape index (κ3) is 21.8. The second-order valence-electron chi connectivity index (χ2n) is 29.3. The molecule has 0 unspecified atom stereocenters. The molecule has 17 rings (SSSR count). The first-order valence-corrected chi connectivity index (χ1v) is 38.3. The van der Waals surface area contributed by atoms with Crippen LogP contribution in [0.5, 0.6) is 17.2 Å². The first kappa shape index (κ1) is 91.5. The summed E-state index contributed by atoms with van der Waals surface area (Å²) in [6.45, 7) is 18.7. The summed E-state index contributed by atoms with van der Waals surface area (Å²) in [5, 5.41) is 15.6. The summed E-state index contributed by atoms with van der Waals surface area (Å²) in [4.78, 5) is 98.8. The highest BCUT2D eigenvalue weighted by Crippen LogP contribution is 2.44. The Kier molecular flexibility index (Phi) is 30.6. The second kappa shape index (κ2) is 39.8. The Morgan fingerprint density at radius 3 is 1.08 bits per heavy atom. The van der Waals surface area contributed by atoms with Crippen LogP contribution in [0.3, 0.4) is 0 Å². The molecule has 5 aliphatic rings. The van der Waals surface area contributed by atoms with E-state index in [1.165, 1.54) is 25.3 Å². The molecule has 4 aromatic heterocycles. The minimum Gasteiger partial charge on any atom is -0.497 e. The Hall–Kier alpha value is -13.0. The van der Waals surface area contributed by atoms with Crippen LogP contribution >= 0.6 is 31.9 Å². The number of nitrogens with two attached hydrogens (primary N) is 1. The average molecular weight is 1730 g/mol. The molecule has 0 atom stereocenters. The van der Waals surface area contributed by atoms with Crippen LogP contribution in [-0.2, 0) is 48.3 Å². The van der Waals surface area contributed by atoms with Gasteiger partial charge in [0.15, 0.2) is 0 Å². The van der Waals surface area contributed by atoms with Crippen LogP contribution in [0.2, 0.25) is 0 Å². The van der Waals surface area contributed by atoms with Gasteiger partial charge in [-0.3, -0.25) is 24.0 Å². The van der Waals surface area contributed by atoms with Crippen molar-refractivity contribution in [2.45, 2.75) is 133 Å². The lowest BCUT2D eigenvalue weighted by Crippen LogP contribution is -2.38. The largest absolute Gasteiger partial charge is 0.497 e. The zero-order valence-electron chi connectivity index (χ0n) is 65.4. The van der Waals surface area contributed by atoms with Crippen molar-refractivity contribution in [2.75, 3.05) is 43.0 Å². The maximum Gasteiger partial charge on any atom is 0.255 e. The lowest BCUT2D eigenvalue weighted by Gasteiger charge is -2.32. The van der Waals surface area contributed by atoms with Crippen LogP contribution < -0.4 is 46.5 Å². The average Bonchev–Trinajstić information content (AvgIpc) is 1.60. The number of halogens is 2. The van der Waals surface area contributed by atoms with E-state index in [1.54, 1.807) is 70.4 Å². The maximum atomic E-state index is 13.1. The molecule has 0 saturated heterocycles. The van der Waals surface area contributed by atoms with Crippen molar-refractivity contribution >= 4 is 102 Å². The summed E-state index contributed by atoms with van der Waals surface area (Å²) in [7, 11) is 4.94. The number of methoxy groups -OCH3 is 3. The number of nitrogen functional groups attached to an aromatic ring is 1. The zero-order chi connectivity index (χ0) is 81.8. The SMILES string of the molecule is C.C.C.C.CC1(C)NC(=O)c2ccc(Nc3ccncn3)cc21.CC1(C)NC(=O)c2ccc(Nc3ccncn3)cc21.COc1ccc(CN2C(=O)c3ccc(Br)cc3C2(C)C)cc1.COc1ccc(CN2C(=O)c3ccc(Nc4ccncn4)cc3C2(C)C)cc1.COc1ccc(CN2Cc3cc(Br)ccc3C2=O)cc1.Nc1ccncn1. The number of fused-ring (bicyclic) bond motifs is 5. The van der Waals surface area contributed by atoms with Crippen molar-refractivity contribution in [3.63, 3.8) is 0 Å². The summed E-state index contributed by atoms with van der Waals surface area (Å²) in [5.74, 6) is 5.33. The van der Waals surface area contributed by atoms with Gasteiger partial charge in [-0.2, -0.15) is 0 Å². The number of rotatable bonds is 15. The Morgan fingerprint density at radius 2 is 0.723 bits per heavy atom. The molecule has 9 heterocycles. The van der Waals surface area contributed by atoms with Gasteiger partial charge in [0, 0.05) is 105 Å². The molecule has 0 radical (unpaired) electrons. The van der Waals surface area contributed by atoms with Gasteiger partial charge in [0.1, 0.15) is 65.8 Å². The van der Waals surface area contributed by atoms with Crippen LogP contribution in [0.15, 0.2) is 247 Å². The first-order chi connectivity index (χ1) is 55.1. The van der Waals surface area contributed by atoms with Gasteiger partial charge >= 0.3 is 0 Å². The van der Waals surface area contributed by atoms with Gasteiger partial charge in [-0.1, -0.05) is 98.0 Å². The number of hydrogen-bond donors (Lipinski definition) is 6. The van der Waals surface area contributed by atoms with Crippen LogP contribution in [0.25, 0.3) is 0 Å². The number of anilines is 7.